The number of hydrogen-bond donors (Lipinski definition) is 0. The molecule has 0 aliphatic carbocycles. The summed E-state index contributed by atoms with van der Waals surface area (Å²) in [6, 6.07) is 16.3. The van der Waals surface area contributed by atoms with Gasteiger partial charge in [-0.1, -0.05) is 30.3 Å². The van der Waals surface area contributed by atoms with Crippen LogP contribution in [0.3, 0.4) is 0 Å². The summed E-state index contributed by atoms with van der Waals surface area (Å²) >= 11 is 0. The minimum Gasteiger partial charge on any atom is -0.356 e. The van der Waals surface area contributed by atoms with Crippen LogP contribution in [0.15, 0.2) is 53.5 Å². The maximum atomic E-state index is 10.8. The van der Waals surface area contributed by atoms with Crippen LogP contribution in [0.2, 0.25) is 0 Å². The molecule has 0 amide bonds. The molecule has 0 N–H and O–H groups in total. The lowest BCUT2D eigenvalue weighted by Gasteiger charge is -2.19. The Hall–Kier alpha value is -3.20. The number of rotatable bonds is 4. The normalized spacial score (nSPS) is 15.5. The molecule has 0 bridgehead atoms. The van der Waals surface area contributed by atoms with Crippen LogP contribution < -0.4 is 0 Å². The highest BCUT2D eigenvalue weighted by Crippen LogP contribution is 2.26. The number of hydrogen-bond acceptors (Lipinski definition) is 4. The lowest BCUT2D eigenvalue weighted by atomic mass is 10.1. The highest BCUT2D eigenvalue weighted by molar-refractivity contribution is 5.87. The van der Waals surface area contributed by atoms with Crippen LogP contribution in [0, 0.1) is 21.4 Å². The van der Waals surface area contributed by atoms with E-state index in [4.69, 9.17) is 0 Å². The zero-order valence-corrected chi connectivity index (χ0v) is 13.1. The molecule has 0 unspecified atom stereocenters. The summed E-state index contributed by atoms with van der Waals surface area (Å²) < 4.78 is 0. The summed E-state index contributed by atoms with van der Waals surface area (Å²) in [4.78, 5) is 17.1. The van der Waals surface area contributed by atoms with Crippen molar-refractivity contribution in [3.8, 4) is 6.07 Å². The van der Waals surface area contributed by atoms with Crippen LogP contribution in [-0.2, 0) is 6.54 Å². The van der Waals surface area contributed by atoms with Crippen LogP contribution >= 0.6 is 0 Å². The molecule has 0 aromatic heterocycles. The highest BCUT2D eigenvalue weighted by atomic mass is 16.6. The number of nitriles is 1. The molecule has 0 radical (unpaired) electrons. The Morgan fingerprint density at radius 1 is 1.25 bits per heavy atom. The summed E-state index contributed by atoms with van der Waals surface area (Å²) in [5, 5.41) is 20.1. The van der Waals surface area contributed by atoms with Crippen molar-refractivity contribution < 1.29 is 4.92 Å². The molecule has 2 aromatic carbocycles. The fourth-order valence-corrected chi connectivity index (χ4v) is 2.78. The van der Waals surface area contributed by atoms with E-state index in [9.17, 15) is 15.4 Å². The third kappa shape index (κ3) is 3.41. The van der Waals surface area contributed by atoms with Gasteiger partial charge in [0, 0.05) is 31.6 Å². The Kier molecular flexibility index (Phi) is 4.52. The van der Waals surface area contributed by atoms with Gasteiger partial charge in [-0.05, 0) is 18.1 Å². The summed E-state index contributed by atoms with van der Waals surface area (Å²) in [6.07, 6.45) is 1.86. The Morgan fingerprint density at radius 3 is 2.75 bits per heavy atom. The van der Waals surface area contributed by atoms with Gasteiger partial charge in [-0.25, -0.2) is 4.99 Å². The smallest absolute Gasteiger partial charge is 0.270 e. The van der Waals surface area contributed by atoms with Crippen molar-refractivity contribution in [3.05, 3.63) is 69.8 Å². The molecule has 1 heterocycles. The van der Waals surface area contributed by atoms with Gasteiger partial charge in [-0.3, -0.25) is 10.1 Å². The first-order valence-electron chi connectivity index (χ1n) is 7.72. The molecular formula is C18H16N4O2. The second-order valence-electron chi connectivity index (χ2n) is 5.61. The molecule has 2 aromatic rings. The maximum absolute atomic E-state index is 10.8. The number of aliphatic imine (C=N–C) groups is 1. The third-order valence-electron chi connectivity index (χ3n) is 3.97. The van der Waals surface area contributed by atoms with E-state index in [-0.39, 0.29) is 11.3 Å². The highest BCUT2D eigenvalue weighted by Gasteiger charge is 2.20. The molecule has 0 atom stereocenters. The van der Waals surface area contributed by atoms with E-state index in [1.165, 1.54) is 17.7 Å². The van der Waals surface area contributed by atoms with E-state index in [1.807, 2.05) is 24.3 Å². The number of likely N-dealkylation sites (tertiary alicyclic amines) is 1. The predicted octanol–water partition coefficient (Wildman–Crippen LogP) is 3.79. The molecule has 6 nitrogen and oxygen atoms in total. The molecule has 1 saturated heterocycles. The van der Waals surface area contributed by atoms with E-state index < -0.39 is 4.92 Å². The van der Waals surface area contributed by atoms with Gasteiger partial charge in [0.1, 0.15) is 11.9 Å². The number of amidine groups is 1. The summed E-state index contributed by atoms with van der Waals surface area (Å²) in [6.45, 7) is 1.69. The Bertz CT molecular complexity index is 825. The SMILES string of the molecule is N#Cc1cc([N+](=O)[O-])ccc1N=C1CCCN1Cc1ccccc1. The quantitative estimate of drug-likeness (QED) is 0.634. The van der Waals surface area contributed by atoms with Crippen LogP contribution in [0.5, 0.6) is 0 Å². The van der Waals surface area contributed by atoms with Gasteiger partial charge in [0.2, 0.25) is 0 Å². The van der Waals surface area contributed by atoms with Gasteiger partial charge in [-0.15, -0.1) is 0 Å². The second-order valence-corrected chi connectivity index (χ2v) is 5.61. The van der Waals surface area contributed by atoms with Gasteiger partial charge in [0.25, 0.3) is 5.69 Å². The molecule has 1 fully saturated rings. The van der Waals surface area contributed by atoms with Crippen LogP contribution in [-0.4, -0.2) is 22.2 Å². The molecule has 1 aliphatic rings. The topological polar surface area (TPSA) is 82.5 Å². The van der Waals surface area contributed by atoms with Crippen molar-refractivity contribution in [2.75, 3.05) is 6.54 Å². The van der Waals surface area contributed by atoms with Crippen molar-refractivity contribution in [1.82, 2.24) is 4.90 Å². The van der Waals surface area contributed by atoms with Crippen LogP contribution in [0.1, 0.15) is 24.0 Å². The largest absolute Gasteiger partial charge is 0.356 e. The second kappa shape index (κ2) is 6.92. The molecule has 0 spiro atoms. The van der Waals surface area contributed by atoms with Crippen molar-refractivity contribution in [1.29, 1.82) is 5.26 Å². The Labute approximate surface area is 139 Å². The molecule has 24 heavy (non-hydrogen) atoms. The number of nitro groups is 1. The lowest BCUT2D eigenvalue weighted by molar-refractivity contribution is -0.384. The molecule has 120 valence electrons. The van der Waals surface area contributed by atoms with Gasteiger partial charge in [0.15, 0.2) is 0 Å². The van der Waals surface area contributed by atoms with Crippen LogP contribution in [0.25, 0.3) is 0 Å². The van der Waals surface area contributed by atoms with Crippen LogP contribution in [0.4, 0.5) is 11.4 Å². The third-order valence-corrected chi connectivity index (χ3v) is 3.97. The van der Waals surface area contributed by atoms with E-state index in [0.717, 1.165) is 31.8 Å². The fraction of sp³-hybridized carbons (Fsp3) is 0.222. The number of non-ortho nitro benzene ring substituents is 1. The van der Waals surface area contributed by atoms with Gasteiger partial charge < -0.3 is 4.90 Å². The molecular weight excluding hydrogens is 304 g/mol. The zero-order chi connectivity index (χ0) is 16.9. The van der Waals surface area contributed by atoms with E-state index in [0.29, 0.717) is 5.69 Å². The monoisotopic (exact) mass is 320 g/mol. The van der Waals surface area contributed by atoms with Crippen molar-refractivity contribution in [2.45, 2.75) is 19.4 Å². The number of nitrogens with zero attached hydrogens (tertiary/aromatic N) is 4. The molecule has 6 heteroatoms. The summed E-state index contributed by atoms with van der Waals surface area (Å²) in [5.74, 6) is 0.921. The van der Waals surface area contributed by atoms with Gasteiger partial charge >= 0.3 is 0 Å². The summed E-state index contributed by atoms with van der Waals surface area (Å²) in [7, 11) is 0. The zero-order valence-electron chi connectivity index (χ0n) is 13.1. The average Bonchev–Trinajstić information content (AvgIpc) is 3.02. The molecule has 0 saturated carbocycles. The number of benzene rings is 2. The van der Waals surface area contributed by atoms with E-state index in [1.54, 1.807) is 6.07 Å². The van der Waals surface area contributed by atoms with Crippen molar-refractivity contribution >= 4 is 17.2 Å². The molecule has 3 rings (SSSR count). The van der Waals surface area contributed by atoms with E-state index in [2.05, 4.69) is 22.0 Å². The summed E-state index contributed by atoms with van der Waals surface area (Å²) in [5.41, 5.74) is 1.82. The fourth-order valence-electron chi connectivity index (χ4n) is 2.78. The van der Waals surface area contributed by atoms with Crippen molar-refractivity contribution in [2.24, 2.45) is 4.99 Å². The first-order chi connectivity index (χ1) is 11.7. The van der Waals surface area contributed by atoms with Gasteiger partial charge in [0.05, 0.1) is 16.2 Å². The minimum atomic E-state index is -0.505. The van der Waals surface area contributed by atoms with E-state index >= 15 is 0 Å². The predicted molar refractivity (Wildman–Crippen MR) is 91.0 cm³/mol. The standard InChI is InChI=1S/C18H16N4O2/c19-12-15-11-16(22(23)24)8-9-17(15)20-18-7-4-10-21(18)13-14-5-2-1-3-6-14/h1-3,5-6,8-9,11H,4,7,10,13H2. The first kappa shape index (κ1) is 15.7. The van der Waals surface area contributed by atoms with Crippen molar-refractivity contribution in [3.63, 3.8) is 0 Å². The average molecular weight is 320 g/mol. The lowest BCUT2D eigenvalue weighted by Crippen LogP contribution is -2.24. The maximum Gasteiger partial charge on any atom is 0.270 e. The van der Waals surface area contributed by atoms with Gasteiger partial charge in [-0.2, -0.15) is 5.26 Å². The minimum absolute atomic E-state index is 0.0944. The number of nitro benzene ring substituents is 1. The molecule has 1 aliphatic heterocycles. The Balaban J connectivity index is 1.87. The first-order valence-corrected chi connectivity index (χ1v) is 7.72. The Morgan fingerprint density at radius 2 is 2.04 bits per heavy atom.